The van der Waals surface area contributed by atoms with E-state index in [4.69, 9.17) is 0 Å². The van der Waals surface area contributed by atoms with E-state index in [-0.39, 0.29) is 0 Å². The maximum Gasteiger partial charge on any atom is 0.105 e. The van der Waals surface area contributed by atoms with Gasteiger partial charge >= 0.3 is 0 Å². The van der Waals surface area contributed by atoms with Crippen LogP contribution in [-0.2, 0) is 6.54 Å². The molecule has 0 amide bonds. The van der Waals surface area contributed by atoms with E-state index in [1.807, 2.05) is 6.20 Å². The summed E-state index contributed by atoms with van der Waals surface area (Å²) in [5, 5.41) is 3.74. The van der Waals surface area contributed by atoms with Crippen molar-refractivity contribution in [2.45, 2.75) is 65.1 Å². The van der Waals surface area contributed by atoms with Crippen LogP contribution >= 0.6 is 0 Å². The zero-order chi connectivity index (χ0) is 14.6. The molecule has 1 atom stereocenters. The first-order valence-corrected chi connectivity index (χ1v) is 8.11. The molecule has 2 rings (SSSR count). The van der Waals surface area contributed by atoms with E-state index in [0.717, 1.165) is 25.5 Å². The normalized spacial score (nSPS) is 23.1. The molecular formula is C16H30N4. The van der Waals surface area contributed by atoms with Gasteiger partial charge in [0.05, 0.1) is 0 Å². The molecule has 1 aromatic rings. The Hall–Kier alpha value is -0.870. The quantitative estimate of drug-likeness (QED) is 0.867. The van der Waals surface area contributed by atoms with E-state index in [0.29, 0.717) is 11.6 Å². The summed E-state index contributed by atoms with van der Waals surface area (Å²) in [6.45, 7) is 13.5. The molecule has 0 bridgehead atoms. The second-order valence-electron chi connectivity index (χ2n) is 6.03. The van der Waals surface area contributed by atoms with Gasteiger partial charge in [0.1, 0.15) is 5.82 Å². The van der Waals surface area contributed by atoms with Crippen molar-refractivity contribution in [2.75, 3.05) is 19.6 Å². The van der Waals surface area contributed by atoms with Gasteiger partial charge in [0.15, 0.2) is 0 Å². The van der Waals surface area contributed by atoms with Gasteiger partial charge in [-0.15, -0.1) is 0 Å². The van der Waals surface area contributed by atoms with Crippen molar-refractivity contribution in [3.8, 4) is 0 Å². The van der Waals surface area contributed by atoms with Crippen LogP contribution in [0.4, 0.5) is 0 Å². The minimum absolute atomic E-state index is 0.333. The van der Waals surface area contributed by atoms with Crippen molar-refractivity contribution in [2.24, 2.45) is 0 Å². The maximum atomic E-state index is 4.32. The van der Waals surface area contributed by atoms with Gasteiger partial charge < -0.3 is 9.88 Å². The Morgan fingerprint density at radius 1 is 1.30 bits per heavy atom. The van der Waals surface area contributed by atoms with Crippen LogP contribution in [0.2, 0.25) is 0 Å². The van der Waals surface area contributed by atoms with Gasteiger partial charge in [-0.05, 0) is 26.2 Å². The Kier molecular flexibility index (Phi) is 5.22. The third-order valence-electron chi connectivity index (χ3n) is 5.17. The summed E-state index contributed by atoms with van der Waals surface area (Å²) >= 11 is 0. The minimum Gasteiger partial charge on any atom is -0.334 e. The topological polar surface area (TPSA) is 33.1 Å². The van der Waals surface area contributed by atoms with Crippen LogP contribution in [0.3, 0.4) is 0 Å². The molecule has 1 unspecified atom stereocenters. The van der Waals surface area contributed by atoms with Crippen molar-refractivity contribution in [1.29, 1.82) is 0 Å². The Bertz CT molecular complexity index is 408. The van der Waals surface area contributed by atoms with Gasteiger partial charge in [0.25, 0.3) is 0 Å². The fourth-order valence-electron chi connectivity index (χ4n) is 3.39. The fraction of sp³-hybridized carbons (Fsp3) is 0.812. The number of nitrogens with one attached hydrogen (secondary N) is 1. The summed E-state index contributed by atoms with van der Waals surface area (Å²) in [7, 11) is 0. The third-order valence-corrected chi connectivity index (χ3v) is 5.17. The molecule has 0 saturated carbocycles. The van der Waals surface area contributed by atoms with Crippen LogP contribution in [0, 0.1) is 6.92 Å². The first kappa shape index (κ1) is 15.5. The van der Waals surface area contributed by atoms with Crippen LogP contribution < -0.4 is 5.32 Å². The lowest BCUT2D eigenvalue weighted by Crippen LogP contribution is -2.64. The minimum atomic E-state index is 0.333. The largest absolute Gasteiger partial charge is 0.334 e. The average Bonchev–Trinajstić information content (AvgIpc) is 2.90. The van der Waals surface area contributed by atoms with Gasteiger partial charge in [-0.3, -0.25) is 4.90 Å². The zero-order valence-corrected chi connectivity index (χ0v) is 13.5. The number of hydrogen-bond donors (Lipinski definition) is 1. The molecule has 1 fully saturated rings. The molecule has 1 N–H and O–H groups in total. The van der Waals surface area contributed by atoms with Gasteiger partial charge in [0, 0.05) is 50.2 Å². The number of hydrogen-bond acceptors (Lipinski definition) is 3. The number of rotatable bonds is 6. The molecule has 0 spiro atoms. The Morgan fingerprint density at radius 2 is 2.05 bits per heavy atom. The van der Waals surface area contributed by atoms with Crippen molar-refractivity contribution in [1.82, 2.24) is 19.8 Å². The molecule has 0 radical (unpaired) electrons. The molecular weight excluding hydrogens is 248 g/mol. The average molecular weight is 278 g/mol. The number of piperazine rings is 1. The third kappa shape index (κ3) is 3.07. The molecule has 2 heterocycles. The highest BCUT2D eigenvalue weighted by molar-refractivity contribution is 4.98. The highest BCUT2D eigenvalue weighted by atomic mass is 15.3. The summed E-state index contributed by atoms with van der Waals surface area (Å²) < 4.78 is 2.26. The van der Waals surface area contributed by atoms with E-state index < -0.39 is 0 Å². The standard InChI is InChI=1S/C16H30N4/c1-5-15-12-20(16(6-2,7-3)13-18-15)11-10-19-9-8-17-14(19)4/h8-9,15,18H,5-7,10-13H2,1-4H3. The molecule has 1 saturated heterocycles. The van der Waals surface area contributed by atoms with Crippen LogP contribution in [-0.4, -0.2) is 45.7 Å². The second kappa shape index (κ2) is 6.72. The summed E-state index contributed by atoms with van der Waals surface area (Å²) in [4.78, 5) is 7.04. The van der Waals surface area contributed by atoms with Crippen LogP contribution in [0.5, 0.6) is 0 Å². The first-order valence-electron chi connectivity index (χ1n) is 8.11. The summed E-state index contributed by atoms with van der Waals surface area (Å²) in [5.41, 5.74) is 0.333. The molecule has 1 aliphatic heterocycles. The lowest BCUT2D eigenvalue weighted by atomic mass is 9.87. The van der Waals surface area contributed by atoms with E-state index in [1.54, 1.807) is 0 Å². The maximum absolute atomic E-state index is 4.32. The number of aryl methyl sites for hydroxylation is 1. The van der Waals surface area contributed by atoms with E-state index in [2.05, 4.69) is 53.7 Å². The summed E-state index contributed by atoms with van der Waals surface area (Å²) in [6, 6.07) is 0.644. The molecule has 0 aromatic carbocycles. The van der Waals surface area contributed by atoms with Crippen molar-refractivity contribution >= 4 is 0 Å². The molecule has 4 nitrogen and oxygen atoms in total. The van der Waals surface area contributed by atoms with Crippen LogP contribution in [0.1, 0.15) is 45.9 Å². The SMILES string of the molecule is CCC1CN(CCn2ccnc2C)C(CC)(CC)CN1. The molecule has 1 aliphatic rings. The predicted octanol–water partition coefficient (Wildman–Crippen LogP) is 2.43. The molecule has 20 heavy (non-hydrogen) atoms. The Balaban J connectivity index is 2.05. The van der Waals surface area contributed by atoms with Crippen molar-refractivity contribution in [3.63, 3.8) is 0 Å². The summed E-state index contributed by atoms with van der Waals surface area (Å²) in [5.74, 6) is 1.12. The van der Waals surface area contributed by atoms with Crippen LogP contribution in [0.25, 0.3) is 0 Å². The lowest BCUT2D eigenvalue weighted by Gasteiger charge is -2.49. The predicted molar refractivity (Wildman–Crippen MR) is 83.9 cm³/mol. The molecule has 4 heteroatoms. The first-order chi connectivity index (χ1) is 9.65. The Labute approximate surface area is 123 Å². The van der Waals surface area contributed by atoms with Gasteiger partial charge in [0.2, 0.25) is 0 Å². The number of aromatic nitrogens is 2. The highest BCUT2D eigenvalue weighted by Crippen LogP contribution is 2.27. The monoisotopic (exact) mass is 278 g/mol. The molecule has 1 aromatic heterocycles. The number of imidazole rings is 1. The van der Waals surface area contributed by atoms with Crippen molar-refractivity contribution in [3.05, 3.63) is 18.2 Å². The summed E-state index contributed by atoms with van der Waals surface area (Å²) in [6.07, 6.45) is 7.64. The highest BCUT2D eigenvalue weighted by Gasteiger charge is 2.37. The van der Waals surface area contributed by atoms with Gasteiger partial charge in [-0.2, -0.15) is 0 Å². The van der Waals surface area contributed by atoms with Gasteiger partial charge in [-0.1, -0.05) is 20.8 Å². The van der Waals surface area contributed by atoms with Crippen molar-refractivity contribution < 1.29 is 0 Å². The second-order valence-corrected chi connectivity index (χ2v) is 6.03. The van der Waals surface area contributed by atoms with Crippen LogP contribution in [0.15, 0.2) is 12.4 Å². The molecule has 114 valence electrons. The lowest BCUT2D eigenvalue weighted by molar-refractivity contribution is 0.0279. The number of nitrogens with zero attached hydrogens (tertiary/aromatic N) is 3. The van der Waals surface area contributed by atoms with E-state index >= 15 is 0 Å². The van der Waals surface area contributed by atoms with Gasteiger partial charge in [-0.25, -0.2) is 4.98 Å². The fourth-order valence-corrected chi connectivity index (χ4v) is 3.39. The Morgan fingerprint density at radius 3 is 2.60 bits per heavy atom. The molecule has 0 aliphatic carbocycles. The zero-order valence-electron chi connectivity index (χ0n) is 13.5. The smallest absolute Gasteiger partial charge is 0.105 e. The van der Waals surface area contributed by atoms with E-state index in [1.165, 1.54) is 25.8 Å². The van der Waals surface area contributed by atoms with E-state index in [9.17, 15) is 0 Å².